The van der Waals surface area contributed by atoms with E-state index in [0.717, 1.165) is 5.69 Å². The molecule has 1 aromatic carbocycles. The molecule has 1 unspecified atom stereocenters. The summed E-state index contributed by atoms with van der Waals surface area (Å²) in [7, 11) is 1.54. The molecule has 1 aromatic heterocycles. The van der Waals surface area contributed by atoms with Crippen LogP contribution in [-0.4, -0.2) is 28.4 Å². The van der Waals surface area contributed by atoms with Crippen LogP contribution in [0.1, 0.15) is 29.0 Å². The van der Waals surface area contributed by atoms with Crippen LogP contribution in [-0.2, 0) is 0 Å². The number of hydrogen-bond acceptors (Lipinski definition) is 4. The summed E-state index contributed by atoms with van der Waals surface area (Å²) in [6.07, 6.45) is 1.67. The maximum Gasteiger partial charge on any atom is 0.335 e. The summed E-state index contributed by atoms with van der Waals surface area (Å²) < 4.78 is 5.22. The molecule has 0 aliphatic rings. The van der Waals surface area contributed by atoms with Gasteiger partial charge in [-0.15, -0.1) is 0 Å². The number of ether oxygens (including phenoxy) is 1. The lowest BCUT2D eigenvalue weighted by Crippen LogP contribution is -2.09. The Morgan fingerprint density at radius 2 is 2.26 bits per heavy atom. The van der Waals surface area contributed by atoms with E-state index in [1.165, 1.54) is 6.07 Å². The number of nitrogens with zero attached hydrogens (tertiary/aromatic N) is 1. The molecule has 2 aromatic rings. The second-order valence-electron chi connectivity index (χ2n) is 4.10. The first-order chi connectivity index (χ1) is 9.11. The Kier molecular flexibility index (Phi) is 3.70. The first-order valence-corrected chi connectivity index (χ1v) is 5.79. The summed E-state index contributed by atoms with van der Waals surface area (Å²) in [6, 6.07) is 6.50. The molecule has 1 heterocycles. The molecule has 0 amide bonds. The maximum atomic E-state index is 11.0. The van der Waals surface area contributed by atoms with Gasteiger partial charge in [-0.1, -0.05) is 0 Å². The standard InChI is InChI=1S/C13H15N3O3/c1-8(10-5-6-14-16-10)15-11-7-9(13(17)18)3-4-12(11)19-2/h3-8,15H,1-2H3,(H,14,16)(H,17,18). The van der Waals surface area contributed by atoms with Gasteiger partial charge in [0.1, 0.15) is 5.75 Å². The number of carboxylic acids is 1. The number of anilines is 1. The topological polar surface area (TPSA) is 87.2 Å². The van der Waals surface area contributed by atoms with Crippen molar-refractivity contribution in [3.63, 3.8) is 0 Å². The molecule has 100 valence electrons. The highest BCUT2D eigenvalue weighted by Crippen LogP contribution is 2.28. The number of H-pyrrole nitrogens is 1. The fraction of sp³-hybridized carbons (Fsp3) is 0.231. The van der Waals surface area contributed by atoms with Gasteiger partial charge in [0.05, 0.1) is 30.1 Å². The van der Waals surface area contributed by atoms with E-state index < -0.39 is 5.97 Å². The van der Waals surface area contributed by atoms with Crippen molar-refractivity contribution in [1.29, 1.82) is 0 Å². The predicted octanol–water partition coefficient (Wildman–Crippen LogP) is 2.29. The molecule has 3 N–H and O–H groups in total. The molecule has 19 heavy (non-hydrogen) atoms. The monoisotopic (exact) mass is 261 g/mol. The summed E-state index contributed by atoms with van der Waals surface area (Å²) >= 11 is 0. The van der Waals surface area contributed by atoms with Crippen molar-refractivity contribution in [3.8, 4) is 5.75 Å². The first-order valence-electron chi connectivity index (χ1n) is 5.79. The molecule has 0 bridgehead atoms. The Balaban J connectivity index is 2.27. The number of hydrogen-bond donors (Lipinski definition) is 3. The van der Waals surface area contributed by atoms with Gasteiger partial charge in [-0.2, -0.15) is 5.10 Å². The second-order valence-corrected chi connectivity index (χ2v) is 4.10. The summed E-state index contributed by atoms with van der Waals surface area (Å²) in [4.78, 5) is 11.0. The Labute approximate surface area is 110 Å². The predicted molar refractivity (Wildman–Crippen MR) is 70.6 cm³/mol. The normalized spacial score (nSPS) is 11.9. The van der Waals surface area contributed by atoms with Crippen molar-refractivity contribution in [2.75, 3.05) is 12.4 Å². The maximum absolute atomic E-state index is 11.0. The van der Waals surface area contributed by atoms with Crippen LogP contribution < -0.4 is 10.1 Å². The average Bonchev–Trinajstić information content (AvgIpc) is 2.92. The van der Waals surface area contributed by atoms with E-state index in [-0.39, 0.29) is 11.6 Å². The van der Waals surface area contributed by atoms with Gasteiger partial charge in [-0.3, -0.25) is 5.10 Å². The number of rotatable bonds is 5. The molecule has 0 radical (unpaired) electrons. The quantitative estimate of drug-likeness (QED) is 0.768. The zero-order chi connectivity index (χ0) is 13.8. The molecule has 0 saturated carbocycles. The molecule has 0 fully saturated rings. The van der Waals surface area contributed by atoms with Crippen molar-refractivity contribution in [2.45, 2.75) is 13.0 Å². The zero-order valence-corrected chi connectivity index (χ0v) is 10.7. The highest BCUT2D eigenvalue weighted by atomic mass is 16.5. The Hall–Kier alpha value is -2.50. The number of methoxy groups -OCH3 is 1. The molecule has 2 rings (SSSR count). The van der Waals surface area contributed by atoms with Crippen molar-refractivity contribution < 1.29 is 14.6 Å². The third kappa shape index (κ3) is 2.85. The molecule has 1 atom stereocenters. The van der Waals surface area contributed by atoms with E-state index in [0.29, 0.717) is 11.4 Å². The molecular formula is C13H15N3O3. The molecule has 6 nitrogen and oxygen atoms in total. The lowest BCUT2D eigenvalue weighted by atomic mass is 10.1. The lowest BCUT2D eigenvalue weighted by molar-refractivity contribution is 0.0697. The average molecular weight is 261 g/mol. The minimum absolute atomic E-state index is 0.0413. The van der Waals surface area contributed by atoms with Gasteiger partial charge in [0.25, 0.3) is 0 Å². The van der Waals surface area contributed by atoms with Crippen molar-refractivity contribution in [1.82, 2.24) is 10.2 Å². The number of aromatic amines is 1. The van der Waals surface area contributed by atoms with Crippen LogP contribution >= 0.6 is 0 Å². The molecule has 0 aliphatic carbocycles. The molecule has 0 aliphatic heterocycles. The van der Waals surface area contributed by atoms with Crippen molar-refractivity contribution >= 4 is 11.7 Å². The number of carboxylic acid groups (broad SMARTS) is 1. The van der Waals surface area contributed by atoms with Crippen LogP contribution in [0, 0.1) is 0 Å². The van der Waals surface area contributed by atoms with Gasteiger partial charge >= 0.3 is 5.97 Å². The van der Waals surface area contributed by atoms with Gasteiger partial charge in [0, 0.05) is 6.20 Å². The van der Waals surface area contributed by atoms with E-state index in [1.54, 1.807) is 25.4 Å². The third-order valence-corrected chi connectivity index (χ3v) is 2.81. The van der Waals surface area contributed by atoms with Crippen LogP contribution in [0.15, 0.2) is 30.5 Å². The van der Waals surface area contributed by atoms with Crippen LogP contribution in [0.4, 0.5) is 5.69 Å². The third-order valence-electron chi connectivity index (χ3n) is 2.81. The fourth-order valence-corrected chi connectivity index (χ4v) is 1.77. The number of aromatic nitrogens is 2. The number of carbonyl (C=O) groups is 1. The highest BCUT2D eigenvalue weighted by Gasteiger charge is 2.12. The van der Waals surface area contributed by atoms with Gasteiger partial charge in [-0.05, 0) is 31.2 Å². The summed E-state index contributed by atoms with van der Waals surface area (Å²) in [5, 5.41) is 19.0. The van der Waals surface area contributed by atoms with E-state index in [9.17, 15) is 4.79 Å². The zero-order valence-electron chi connectivity index (χ0n) is 10.7. The van der Waals surface area contributed by atoms with Gasteiger partial charge < -0.3 is 15.2 Å². The summed E-state index contributed by atoms with van der Waals surface area (Å²) in [5.41, 5.74) is 1.74. The minimum Gasteiger partial charge on any atom is -0.495 e. The van der Waals surface area contributed by atoms with E-state index >= 15 is 0 Å². The van der Waals surface area contributed by atoms with E-state index in [4.69, 9.17) is 9.84 Å². The Morgan fingerprint density at radius 1 is 1.47 bits per heavy atom. The molecule has 0 saturated heterocycles. The highest BCUT2D eigenvalue weighted by molar-refractivity contribution is 5.89. The van der Waals surface area contributed by atoms with Gasteiger partial charge in [0.2, 0.25) is 0 Å². The van der Waals surface area contributed by atoms with Crippen LogP contribution in [0.3, 0.4) is 0 Å². The first kappa shape index (κ1) is 12.9. The number of aromatic carboxylic acids is 1. The molecule has 0 spiro atoms. The van der Waals surface area contributed by atoms with Crippen molar-refractivity contribution in [2.24, 2.45) is 0 Å². The van der Waals surface area contributed by atoms with E-state index in [1.807, 2.05) is 13.0 Å². The van der Waals surface area contributed by atoms with Gasteiger partial charge in [-0.25, -0.2) is 4.79 Å². The fourth-order valence-electron chi connectivity index (χ4n) is 1.77. The molecular weight excluding hydrogens is 246 g/mol. The lowest BCUT2D eigenvalue weighted by Gasteiger charge is -2.16. The number of benzene rings is 1. The van der Waals surface area contributed by atoms with Gasteiger partial charge in [0.15, 0.2) is 0 Å². The largest absolute Gasteiger partial charge is 0.495 e. The summed E-state index contributed by atoms with van der Waals surface area (Å²) in [6.45, 7) is 1.94. The van der Waals surface area contributed by atoms with Crippen LogP contribution in [0.25, 0.3) is 0 Å². The smallest absolute Gasteiger partial charge is 0.335 e. The summed E-state index contributed by atoms with van der Waals surface area (Å²) in [5.74, 6) is -0.378. The van der Waals surface area contributed by atoms with E-state index in [2.05, 4.69) is 15.5 Å². The Bertz CT molecular complexity index is 567. The SMILES string of the molecule is COc1ccc(C(=O)O)cc1NC(C)c1ccn[nH]1. The number of nitrogens with one attached hydrogen (secondary N) is 2. The van der Waals surface area contributed by atoms with Crippen molar-refractivity contribution in [3.05, 3.63) is 41.7 Å². The molecule has 6 heteroatoms. The van der Waals surface area contributed by atoms with Crippen LogP contribution in [0.2, 0.25) is 0 Å². The van der Waals surface area contributed by atoms with Crippen LogP contribution in [0.5, 0.6) is 5.75 Å². The minimum atomic E-state index is -0.972. The second kappa shape index (κ2) is 5.43. The Morgan fingerprint density at radius 3 is 2.84 bits per heavy atom.